The second-order valence-corrected chi connectivity index (χ2v) is 5.10. The lowest BCUT2D eigenvalue weighted by Crippen LogP contribution is -2.02. The van der Waals surface area contributed by atoms with Crippen LogP contribution in [-0.2, 0) is 6.54 Å². The van der Waals surface area contributed by atoms with E-state index < -0.39 is 0 Å². The molecule has 3 aromatic rings. The minimum Gasteiger partial charge on any atom is -0.366 e. The average Bonchev–Trinajstić information content (AvgIpc) is 2.53. The van der Waals surface area contributed by atoms with Crippen LogP contribution in [0.1, 0.15) is 11.1 Å². The van der Waals surface area contributed by atoms with E-state index in [0.29, 0.717) is 22.9 Å². The van der Waals surface area contributed by atoms with Gasteiger partial charge in [0.05, 0.1) is 17.1 Å². The molecule has 0 fully saturated rings. The Labute approximate surface area is 127 Å². The summed E-state index contributed by atoms with van der Waals surface area (Å²) < 4.78 is 0. The van der Waals surface area contributed by atoms with E-state index in [-0.39, 0.29) is 0 Å². The van der Waals surface area contributed by atoms with Crippen molar-refractivity contribution >= 4 is 28.3 Å². The minimum absolute atomic E-state index is 0.624. The van der Waals surface area contributed by atoms with E-state index in [2.05, 4.69) is 16.4 Å². The Balaban J connectivity index is 1.87. The summed E-state index contributed by atoms with van der Waals surface area (Å²) in [4.78, 5) is 4.53. The predicted molar refractivity (Wildman–Crippen MR) is 85.2 cm³/mol. The van der Waals surface area contributed by atoms with Crippen molar-refractivity contribution in [3.63, 3.8) is 0 Å². The van der Waals surface area contributed by atoms with E-state index in [9.17, 15) is 5.26 Å². The van der Waals surface area contributed by atoms with Gasteiger partial charge in [-0.1, -0.05) is 41.9 Å². The molecule has 0 aliphatic heterocycles. The molecule has 0 atom stereocenters. The van der Waals surface area contributed by atoms with Crippen LogP contribution in [0.15, 0.2) is 54.6 Å². The van der Waals surface area contributed by atoms with Crippen molar-refractivity contribution in [3.05, 3.63) is 70.7 Å². The quantitative estimate of drug-likeness (QED) is 0.780. The largest absolute Gasteiger partial charge is 0.366 e. The number of rotatable bonds is 3. The smallest absolute Gasteiger partial charge is 0.128 e. The number of fused-ring (bicyclic) bond motifs is 1. The molecule has 3 nitrogen and oxygen atoms in total. The molecule has 0 radical (unpaired) electrons. The third-order valence-electron chi connectivity index (χ3n) is 3.22. The molecule has 1 heterocycles. The average molecular weight is 294 g/mol. The highest BCUT2D eigenvalue weighted by Crippen LogP contribution is 2.20. The lowest BCUT2D eigenvalue weighted by Gasteiger charge is -2.08. The Morgan fingerprint density at radius 2 is 1.86 bits per heavy atom. The number of anilines is 1. The maximum atomic E-state index is 9.26. The number of hydrogen-bond acceptors (Lipinski definition) is 3. The molecule has 3 rings (SSSR count). The fraction of sp³-hybridized carbons (Fsp3) is 0.0588. The maximum absolute atomic E-state index is 9.26. The predicted octanol–water partition coefficient (Wildman–Crippen LogP) is 4.37. The topological polar surface area (TPSA) is 48.7 Å². The summed E-state index contributed by atoms with van der Waals surface area (Å²) >= 11 is 5.86. The van der Waals surface area contributed by atoms with Crippen molar-refractivity contribution < 1.29 is 0 Å². The van der Waals surface area contributed by atoms with Crippen molar-refractivity contribution in [1.29, 1.82) is 5.26 Å². The first-order valence-electron chi connectivity index (χ1n) is 6.54. The summed E-state index contributed by atoms with van der Waals surface area (Å²) in [5.74, 6) is 0.695. The van der Waals surface area contributed by atoms with Crippen molar-refractivity contribution in [2.45, 2.75) is 6.54 Å². The summed E-state index contributed by atoms with van der Waals surface area (Å²) in [5.41, 5.74) is 2.54. The molecule has 1 aromatic heterocycles. The SMILES string of the molecule is N#Cc1cc(NCc2ccc(Cl)cc2)nc2ccccc12. The van der Waals surface area contributed by atoms with Gasteiger partial charge in [0.15, 0.2) is 0 Å². The van der Waals surface area contributed by atoms with Crippen molar-refractivity contribution in [3.8, 4) is 6.07 Å². The number of pyridine rings is 1. The molecular formula is C17H12ClN3. The van der Waals surface area contributed by atoms with Gasteiger partial charge >= 0.3 is 0 Å². The second kappa shape index (κ2) is 5.82. The zero-order valence-corrected chi connectivity index (χ0v) is 11.9. The number of benzene rings is 2. The first-order chi connectivity index (χ1) is 10.3. The van der Waals surface area contributed by atoms with Gasteiger partial charge in [-0.05, 0) is 29.8 Å². The van der Waals surface area contributed by atoms with E-state index in [1.165, 1.54) is 0 Å². The fourth-order valence-corrected chi connectivity index (χ4v) is 2.28. The van der Waals surface area contributed by atoms with Crippen LogP contribution in [0, 0.1) is 11.3 Å². The number of nitrogens with zero attached hydrogens (tertiary/aromatic N) is 2. The molecule has 0 saturated carbocycles. The number of aromatic nitrogens is 1. The van der Waals surface area contributed by atoms with Crippen LogP contribution in [0.2, 0.25) is 5.02 Å². The summed E-state index contributed by atoms with van der Waals surface area (Å²) in [6, 6.07) is 19.3. The first-order valence-corrected chi connectivity index (χ1v) is 6.92. The molecule has 0 saturated heterocycles. The van der Waals surface area contributed by atoms with E-state index in [1.807, 2.05) is 48.5 Å². The number of halogens is 1. The van der Waals surface area contributed by atoms with Crippen molar-refractivity contribution in [2.75, 3.05) is 5.32 Å². The van der Waals surface area contributed by atoms with Crippen molar-refractivity contribution in [1.82, 2.24) is 4.98 Å². The third kappa shape index (κ3) is 2.96. The molecule has 0 spiro atoms. The van der Waals surface area contributed by atoms with E-state index >= 15 is 0 Å². The molecule has 0 unspecified atom stereocenters. The van der Waals surface area contributed by atoms with Gasteiger partial charge in [0.25, 0.3) is 0 Å². The van der Waals surface area contributed by atoms with E-state index in [4.69, 9.17) is 11.6 Å². The number of para-hydroxylation sites is 1. The number of hydrogen-bond donors (Lipinski definition) is 1. The Bertz CT molecular complexity index is 820. The highest BCUT2D eigenvalue weighted by atomic mass is 35.5. The van der Waals surface area contributed by atoms with Crippen LogP contribution in [0.25, 0.3) is 10.9 Å². The lowest BCUT2D eigenvalue weighted by atomic mass is 10.1. The zero-order valence-electron chi connectivity index (χ0n) is 11.2. The summed E-state index contributed by atoms with van der Waals surface area (Å²) in [7, 11) is 0. The summed E-state index contributed by atoms with van der Waals surface area (Å²) in [5, 5.41) is 14.1. The zero-order chi connectivity index (χ0) is 14.7. The third-order valence-corrected chi connectivity index (χ3v) is 3.48. The molecule has 0 aliphatic carbocycles. The second-order valence-electron chi connectivity index (χ2n) is 4.66. The van der Waals surface area contributed by atoms with Crippen LogP contribution in [0.5, 0.6) is 0 Å². The monoisotopic (exact) mass is 293 g/mol. The normalized spacial score (nSPS) is 10.3. The molecular weight excluding hydrogens is 282 g/mol. The van der Waals surface area contributed by atoms with Crippen LogP contribution < -0.4 is 5.32 Å². The Hall–Kier alpha value is -2.57. The van der Waals surface area contributed by atoms with Crippen LogP contribution in [-0.4, -0.2) is 4.98 Å². The molecule has 21 heavy (non-hydrogen) atoms. The molecule has 4 heteroatoms. The molecule has 102 valence electrons. The van der Waals surface area contributed by atoms with Gasteiger partial charge in [0, 0.05) is 17.0 Å². The van der Waals surface area contributed by atoms with Gasteiger partial charge in [-0.25, -0.2) is 4.98 Å². The summed E-state index contributed by atoms with van der Waals surface area (Å²) in [6.07, 6.45) is 0. The van der Waals surface area contributed by atoms with Crippen LogP contribution in [0.3, 0.4) is 0 Å². The van der Waals surface area contributed by atoms with Gasteiger partial charge in [-0.3, -0.25) is 0 Å². The molecule has 0 aliphatic rings. The molecule has 2 aromatic carbocycles. The highest BCUT2D eigenvalue weighted by molar-refractivity contribution is 6.30. The van der Waals surface area contributed by atoms with E-state index in [1.54, 1.807) is 6.07 Å². The maximum Gasteiger partial charge on any atom is 0.128 e. The van der Waals surface area contributed by atoms with Crippen molar-refractivity contribution in [2.24, 2.45) is 0 Å². The van der Waals surface area contributed by atoms with Gasteiger partial charge < -0.3 is 5.32 Å². The first kappa shape index (κ1) is 13.4. The number of nitrogens with one attached hydrogen (secondary N) is 1. The van der Waals surface area contributed by atoms with Crippen LogP contribution in [0.4, 0.5) is 5.82 Å². The summed E-state index contributed by atoms with van der Waals surface area (Å²) in [6.45, 7) is 0.632. The fourth-order valence-electron chi connectivity index (χ4n) is 2.15. The van der Waals surface area contributed by atoms with Crippen LogP contribution >= 0.6 is 11.6 Å². The minimum atomic E-state index is 0.624. The molecule has 1 N–H and O–H groups in total. The van der Waals surface area contributed by atoms with Gasteiger partial charge in [0.2, 0.25) is 0 Å². The van der Waals surface area contributed by atoms with Gasteiger partial charge in [-0.15, -0.1) is 0 Å². The highest BCUT2D eigenvalue weighted by Gasteiger charge is 2.04. The van der Waals surface area contributed by atoms with E-state index in [0.717, 1.165) is 16.5 Å². The Kier molecular flexibility index (Phi) is 3.72. The Morgan fingerprint density at radius 1 is 1.10 bits per heavy atom. The lowest BCUT2D eigenvalue weighted by molar-refractivity contribution is 1.12. The van der Waals surface area contributed by atoms with Gasteiger partial charge in [-0.2, -0.15) is 5.26 Å². The molecule has 0 bridgehead atoms. The Morgan fingerprint density at radius 3 is 2.62 bits per heavy atom. The number of nitriles is 1. The van der Waals surface area contributed by atoms with Gasteiger partial charge in [0.1, 0.15) is 5.82 Å². The molecule has 0 amide bonds. The standard InChI is InChI=1S/C17H12ClN3/c18-14-7-5-12(6-8-14)11-20-17-9-13(10-19)15-3-1-2-4-16(15)21-17/h1-9H,11H2,(H,20,21).